The summed E-state index contributed by atoms with van der Waals surface area (Å²) in [6, 6.07) is 15.2. The fraction of sp³-hybridized carbons (Fsp3) is 0.222. The van der Waals surface area contributed by atoms with Gasteiger partial charge in [-0.05, 0) is 29.7 Å². The van der Waals surface area contributed by atoms with Crippen LogP contribution >= 0.6 is 0 Å². The van der Waals surface area contributed by atoms with Gasteiger partial charge in [0.1, 0.15) is 5.82 Å². The minimum absolute atomic E-state index is 0.246. The Kier molecular flexibility index (Phi) is 3.80. The first-order valence-electron chi connectivity index (χ1n) is 6.85. The van der Waals surface area contributed by atoms with Crippen LogP contribution in [0.5, 0.6) is 0 Å². The molecule has 0 saturated carbocycles. The van der Waals surface area contributed by atoms with Crippen molar-refractivity contribution >= 4 is 0 Å². The maximum atomic E-state index is 13.4. The molecule has 0 spiro atoms. The van der Waals surface area contributed by atoms with Crippen LogP contribution in [0.4, 0.5) is 4.39 Å². The van der Waals surface area contributed by atoms with Crippen molar-refractivity contribution in [1.29, 1.82) is 0 Å². The van der Waals surface area contributed by atoms with E-state index < -0.39 is 0 Å². The summed E-state index contributed by atoms with van der Waals surface area (Å²) in [7, 11) is 0. The molecular formula is C18H16FN. The largest absolute Gasteiger partial charge is 0.288 e. The molecule has 0 unspecified atom stereocenters. The number of rotatable bonds is 1. The summed E-state index contributed by atoms with van der Waals surface area (Å²) in [4.78, 5) is 2.30. The van der Waals surface area contributed by atoms with Crippen molar-refractivity contribution in [2.75, 3.05) is 13.1 Å². The van der Waals surface area contributed by atoms with Crippen LogP contribution in [-0.4, -0.2) is 18.0 Å². The van der Waals surface area contributed by atoms with Gasteiger partial charge in [-0.15, -0.1) is 0 Å². The molecule has 100 valence electrons. The van der Waals surface area contributed by atoms with Crippen LogP contribution in [-0.2, 0) is 13.0 Å². The van der Waals surface area contributed by atoms with Crippen LogP contribution in [0.2, 0.25) is 0 Å². The molecule has 1 heterocycles. The molecule has 0 radical (unpaired) electrons. The lowest BCUT2D eigenvalue weighted by Gasteiger charge is -2.26. The summed E-state index contributed by atoms with van der Waals surface area (Å²) in [5, 5.41) is 0. The molecule has 0 saturated heterocycles. The zero-order valence-electron chi connectivity index (χ0n) is 11.3. The first-order valence-corrected chi connectivity index (χ1v) is 6.85. The first-order chi connectivity index (χ1) is 9.83. The fourth-order valence-corrected chi connectivity index (χ4v) is 2.50. The van der Waals surface area contributed by atoms with Crippen LogP contribution in [0.3, 0.4) is 0 Å². The topological polar surface area (TPSA) is 3.24 Å². The van der Waals surface area contributed by atoms with Crippen molar-refractivity contribution in [2.24, 2.45) is 0 Å². The van der Waals surface area contributed by atoms with Crippen LogP contribution in [0.1, 0.15) is 16.7 Å². The summed E-state index contributed by atoms with van der Waals surface area (Å²) in [6.07, 6.45) is 1.07. The van der Waals surface area contributed by atoms with Gasteiger partial charge in [-0.1, -0.05) is 48.2 Å². The Labute approximate surface area is 119 Å². The van der Waals surface area contributed by atoms with Crippen LogP contribution in [0, 0.1) is 17.7 Å². The monoisotopic (exact) mass is 265 g/mol. The van der Waals surface area contributed by atoms with Gasteiger partial charge in [0.2, 0.25) is 0 Å². The van der Waals surface area contributed by atoms with E-state index in [4.69, 9.17) is 0 Å². The molecule has 1 nitrogen and oxygen atoms in total. The van der Waals surface area contributed by atoms with Gasteiger partial charge in [0, 0.05) is 13.1 Å². The Bertz CT molecular complexity index is 666. The third-order valence-corrected chi connectivity index (χ3v) is 3.61. The van der Waals surface area contributed by atoms with E-state index in [1.807, 2.05) is 6.07 Å². The zero-order chi connectivity index (χ0) is 13.8. The average Bonchev–Trinajstić information content (AvgIpc) is 2.49. The molecule has 2 aromatic carbocycles. The predicted molar refractivity (Wildman–Crippen MR) is 78.7 cm³/mol. The third kappa shape index (κ3) is 2.89. The number of hydrogen-bond acceptors (Lipinski definition) is 1. The van der Waals surface area contributed by atoms with Gasteiger partial charge in [0.15, 0.2) is 0 Å². The molecule has 0 fully saturated rings. The van der Waals surface area contributed by atoms with Crippen molar-refractivity contribution in [3.8, 4) is 11.8 Å². The predicted octanol–water partition coefficient (Wildman–Crippen LogP) is 3.24. The Balaban J connectivity index is 1.65. The van der Waals surface area contributed by atoms with E-state index in [1.165, 1.54) is 17.2 Å². The molecule has 0 aliphatic carbocycles. The molecular weight excluding hydrogens is 249 g/mol. The number of halogens is 1. The molecule has 1 aliphatic rings. The zero-order valence-corrected chi connectivity index (χ0v) is 11.3. The normalized spacial score (nSPS) is 14.2. The van der Waals surface area contributed by atoms with Crippen molar-refractivity contribution in [3.63, 3.8) is 0 Å². The number of fused-ring (bicyclic) bond motifs is 1. The lowest BCUT2D eigenvalue weighted by Crippen LogP contribution is -2.30. The van der Waals surface area contributed by atoms with E-state index in [1.54, 1.807) is 12.1 Å². The lowest BCUT2D eigenvalue weighted by atomic mass is 10.00. The molecule has 2 heteroatoms. The minimum atomic E-state index is -0.246. The van der Waals surface area contributed by atoms with Gasteiger partial charge < -0.3 is 0 Å². The summed E-state index contributed by atoms with van der Waals surface area (Å²) in [6.45, 7) is 2.63. The standard InChI is InChI=1S/C18H16FN/c19-18-10-4-3-7-16(18)9-5-12-20-13-11-15-6-1-2-8-17(15)14-20/h1-4,6-8,10H,11-14H2. The molecule has 1 aliphatic heterocycles. The fourth-order valence-electron chi connectivity index (χ4n) is 2.50. The van der Waals surface area contributed by atoms with Crippen LogP contribution in [0.25, 0.3) is 0 Å². The molecule has 0 bridgehead atoms. The van der Waals surface area contributed by atoms with Crippen molar-refractivity contribution in [3.05, 3.63) is 71.0 Å². The highest BCUT2D eigenvalue weighted by atomic mass is 19.1. The second-order valence-electron chi connectivity index (χ2n) is 5.01. The Morgan fingerprint density at radius 3 is 2.60 bits per heavy atom. The molecule has 20 heavy (non-hydrogen) atoms. The molecule has 0 atom stereocenters. The Morgan fingerprint density at radius 1 is 1.00 bits per heavy atom. The van der Waals surface area contributed by atoms with Gasteiger partial charge in [-0.3, -0.25) is 4.90 Å². The van der Waals surface area contributed by atoms with Gasteiger partial charge >= 0.3 is 0 Å². The molecule has 0 N–H and O–H groups in total. The quantitative estimate of drug-likeness (QED) is 0.716. The second kappa shape index (κ2) is 5.90. The van der Waals surface area contributed by atoms with E-state index in [0.717, 1.165) is 19.5 Å². The summed E-state index contributed by atoms with van der Waals surface area (Å²) < 4.78 is 13.4. The number of nitrogens with zero attached hydrogens (tertiary/aromatic N) is 1. The van der Waals surface area contributed by atoms with Crippen molar-refractivity contribution in [2.45, 2.75) is 13.0 Å². The number of hydrogen-bond donors (Lipinski definition) is 0. The highest BCUT2D eigenvalue weighted by Crippen LogP contribution is 2.17. The smallest absolute Gasteiger partial charge is 0.138 e. The highest BCUT2D eigenvalue weighted by Gasteiger charge is 2.14. The van der Waals surface area contributed by atoms with Gasteiger partial charge in [-0.25, -0.2) is 4.39 Å². The minimum Gasteiger partial charge on any atom is -0.288 e. The maximum Gasteiger partial charge on any atom is 0.138 e. The molecule has 0 amide bonds. The van der Waals surface area contributed by atoms with Gasteiger partial charge in [0.05, 0.1) is 12.1 Å². The first kappa shape index (κ1) is 12.9. The summed E-state index contributed by atoms with van der Waals surface area (Å²) in [5.74, 6) is 5.75. The van der Waals surface area contributed by atoms with Crippen LogP contribution in [0.15, 0.2) is 48.5 Å². The van der Waals surface area contributed by atoms with Crippen molar-refractivity contribution in [1.82, 2.24) is 4.90 Å². The van der Waals surface area contributed by atoms with Gasteiger partial charge in [0.25, 0.3) is 0 Å². The molecule has 0 aromatic heterocycles. The van der Waals surface area contributed by atoms with E-state index >= 15 is 0 Å². The average molecular weight is 265 g/mol. The lowest BCUT2D eigenvalue weighted by molar-refractivity contribution is 0.286. The maximum absolute atomic E-state index is 13.4. The number of benzene rings is 2. The van der Waals surface area contributed by atoms with E-state index in [0.29, 0.717) is 12.1 Å². The second-order valence-corrected chi connectivity index (χ2v) is 5.01. The van der Waals surface area contributed by atoms with E-state index in [-0.39, 0.29) is 5.82 Å². The third-order valence-electron chi connectivity index (χ3n) is 3.61. The Morgan fingerprint density at radius 2 is 1.75 bits per heavy atom. The Hall–Kier alpha value is -2.11. The molecule has 3 rings (SSSR count). The summed E-state index contributed by atoms with van der Waals surface area (Å²) in [5.41, 5.74) is 3.29. The molecule has 2 aromatic rings. The SMILES string of the molecule is Fc1ccccc1C#CCN1CCc2ccccc2C1. The van der Waals surface area contributed by atoms with E-state index in [2.05, 4.69) is 41.0 Å². The van der Waals surface area contributed by atoms with E-state index in [9.17, 15) is 4.39 Å². The summed E-state index contributed by atoms with van der Waals surface area (Å²) >= 11 is 0. The van der Waals surface area contributed by atoms with Gasteiger partial charge in [-0.2, -0.15) is 0 Å². The van der Waals surface area contributed by atoms with Crippen molar-refractivity contribution < 1.29 is 4.39 Å². The highest BCUT2D eigenvalue weighted by molar-refractivity contribution is 5.35. The van der Waals surface area contributed by atoms with Crippen LogP contribution < -0.4 is 0 Å².